The van der Waals surface area contributed by atoms with Gasteiger partial charge in [-0.05, 0) is 30.7 Å². The van der Waals surface area contributed by atoms with Crippen LogP contribution in [0.3, 0.4) is 0 Å². The van der Waals surface area contributed by atoms with E-state index in [9.17, 15) is 18.9 Å². The van der Waals surface area contributed by atoms with Gasteiger partial charge in [0, 0.05) is 16.6 Å². The average molecular weight is 344 g/mol. The molecular formula is C13H8BrF2NO3. The molecule has 104 valence electrons. The van der Waals surface area contributed by atoms with Gasteiger partial charge in [-0.1, -0.05) is 15.9 Å². The molecule has 0 fully saturated rings. The number of nitro groups is 1. The summed E-state index contributed by atoms with van der Waals surface area (Å²) in [5, 5.41) is 10.8. The predicted octanol–water partition coefficient (Wildman–Crippen LogP) is 4.74. The quantitative estimate of drug-likeness (QED) is 0.597. The topological polar surface area (TPSA) is 52.4 Å². The summed E-state index contributed by atoms with van der Waals surface area (Å²) in [6.45, 7) is 1.79. The molecule has 0 aliphatic rings. The third-order valence-electron chi connectivity index (χ3n) is 2.53. The van der Waals surface area contributed by atoms with Crippen LogP contribution in [0.2, 0.25) is 0 Å². The lowest BCUT2D eigenvalue weighted by atomic mass is 10.2. The van der Waals surface area contributed by atoms with Gasteiger partial charge in [0.2, 0.25) is 11.6 Å². The molecule has 0 amide bonds. The van der Waals surface area contributed by atoms with Crippen LogP contribution in [0.5, 0.6) is 11.5 Å². The van der Waals surface area contributed by atoms with Gasteiger partial charge in [0.1, 0.15) is 11.6 Å². The van der Waals surface area contributed by atoms with Crippen molar-refractivity contribution < 1.29 is 18.4 Å². The lowest BCUT2D eigenvalue weighted by Gasteiger charge is -2.08. The molecule has 20 heavy (non-hydrogen) atoms. The number of nitrogens with zero attached hydrogens (tertiary/aromatic N) is 1. The van der Waals surface area contributed by atoms with E-state index < -0.39 is 28.0 Å². The van der Waals surface area contributed by atoms with Crippen molar-refractivity contribution in [1.29, 1.82) is 0 Å². The molecule has 7 heteroatoms. The van der Waals surface area contributed by atoms with Crippen molar-refractivity contribution in [2.45, 2.75) is 6.92 Å². The summed E-state index contributed by atoms with van der Waals surface area (Å²) in [4.78, 5) is 9.87. The van der Waals surface area contributed by atoms with Crippen LogP contribution in [-0.2, 0) is 0 Å². The van der Waals surface area contributed by atoms with Crippen molar-refractivity contribution in [2.75, 3.05) is 0 Å². The number of hydrogen-bond donors (Lipinski definition) is 0. The van der Waals surface area contributed by atoms with Gasteiger partial charge in [0.05, 0.1) is 4.92 Å². The SMILES string of the molecule is Cc1cc(Oc2cc(F)cc(F)c2[N+](=O)[O-])ccc1Br. The molecule has 2 rings (SSSR count). The minimum absolute atomic E-state index is 0.249. The van der Waals surface area contributed by atoms with E-state index in [0.717, 1.165) is 16.1 Å². The van der Waals surface area contributed by atoms with E-state index >= 15 is 0 Å². The minimum Gasteiger partial charge on any atom is -0.450 e. The summed E-state index contributed by atoms with van der Waals surface area (Å²) in [5.41, 5.74) is -0.0750. The molecule has 0 unspecified atom stereocenters. The summed E-state index contributed by atoms with van der Waals surface area (Å²) in [6, 6.07) is 6.02. The Labute approximate surface area is 121 Å². The fraction of sp³-hybridized carbons (Fsp3) is 0.0769. The Balaban J connectivity index is 2.47. The Morgan fingerprint density at radius 3 is 2.55 bits per heavy atom. The van der Waals surface area contributed by atoms with Crippen LogP contribution in [0.15, 0.2) is 34.8 Å². The molecule has 0 bridgehead atoms. The Hall–Kier alpha value is -2.02. The second-order valence-electron chi connectivity index (χ2n) is 4.00. The van der Waals surface area contributed by atoms with Gasteiger partial charge in [-0.25, -0.2) is 4.39 Å². The van der Waals surface area contributed by atoms with Gasteiger partial charge < -0.3 is 4.74 Å². The van der Waals surface area contributed by atoms with Gasteiger partial charge in [0.25, 0.3) is 0 Å². The number of rotatable bonds is 3. The second-order valence-corrected chi connectivity index (χ2v) is 4.86. The molecule has 0 spiro atoms. The summed E-state index contributed by atoms with van der Waals surface area (Å²) in [7, 11) is 0. The van der Waals surface area contributed by atoms with Crippen LogP contribution in [0.1, 0.15) is 5.56 Å². The van der Waals surface area contributed by atoms with Crippen LogP contribution in [0.4, 0.5) is 14.5 Å². The van der Waals surface area contributed by atoms with Crippen LogP contribution >= 0.6 is 15.9 Å². The first kappa shape index (κ1) is 14.4. The molecule has 4 nitrogen and oxygen atoms in total. The number of benzene rings is 2. The van der Waals surface area contributed by atoms with Crippen molar-refractivity contribution in [3.05, 3.63) is 62.1 Å². The highest BCUT2D eigenvalue weighted by molar-refractivity contribution is 9.10. The summed E-state index contributed by atoms with van der Waals surface area (Å²) >= 11 is 3.29. The van der Waals surface area contributed by atoms with Crippen molar-refractivity contribution in [3.8, 4) is 11.5 Å². The monoisotopic (exact) mass is 343 g/mol. The van der Waals surface area contributed by atoms with Gasteiger partial charge in [0.15, 0.2) is 0 Å². The van der Waals surface area contributed by atoms with Crippen molar-refractivity contribution in [2.24, 2.45) is 0 Å². The standard InChI is InChI=1S/C13H8BrF2NO3/c1-7-4-9(2-3-10(7)14)20-12-6-8(15)5-11(16)13(12)17(18)19/h2-6H,1H3. The lowest BCUT2D eigenvalue weighted by Crippen LogP contribution is -1.98. The highest BCUT2D eigenvalue weighted by Gasteiger charge is 2.24. The largest absolute Gasteiger partial charge is 0.450 e. The van der Waals surface area contributed by atoms with E-state index in [2.05, 4.69) is 15.9 Å². The number of halogens is 3. The molecule has 0 aliphatic carbocycles. The molecule has 0 saturated carbocycles. The highest BCUT2D eigenvalue weighted by atomic mass is 79.9. The molecule has 2 aromatic carbocycles. The summed E-state index contributed by atoms with van der Waals surface area (Å²) in [5.74, 6) is -2.45. The summed E-state index contributed by atoms with van der Waals surface area (Å²) < 4.78 is 32.7. The molecule has 0 saturated heterocycles. The van der Waals surface area contributed by atoms with Crippen molar-refractivity contribution in [3.63, 3.8) is 0 Å². The van der Waals surface area contributed by atoms with E-state index in [0.29, 0.717) is 6.07 Å². The zero-order chi connectivity index (χ0) is 14.9. The molecule has 0 aromatic heterocycles. The number of nitro benzene ring substituents is 1. The Kier molecular flexibility index (Phi) is 3.99. The average Bonchev–Trinajstić information content (AvgIpc) is 2.32. The van der Waals surface area contributed by atoms with Crippen molar-refractivity contribution in [1.82, 2.24) is 0 Å². The molecule has 0 aliphatic heterocycles. The minimum atomic E-state index is -1.28. The second kappa shape index (κ2) is 5.54. The molecule has 2 aromatic rings. The lowest BCUT2D eigenvalue weighted by molar-refractivity contribution is -0.388. The Bertz CT molecular complexity index is 692. The highest BCUT2D eigenvalue weighted by Crippen LogP contribution is 2.35. The normalized spacial score (nSPS) is 10.4. The zero-order valence-electron chi connectivity index (χ0n) is 10.2. The molecule has 0 atom stereocenters. The zero-order valence-corrected chi connectivity index (χ0v) is 11.8. The van der Waals surface area contributed by atoms with E-state index in [1.54, 1.807) is 19.1 Å². The first-order valence-corrected chi connectivity index (χ1v) is 6.25. The van der Waals surface area contributed by atoms with E-state index in [1.807, 2.05) is 0 Å². The number of hydrogen-bond acceptors (Lipinski definition) is 3. The molecular weight excluding hydrogens is 336 g/mol. The fourth-order valence-electron chi connectivity index (χ4n) is 1.60. The first-order chi connectivity index (χ1) is 9.38. The van der Waals surface area contributed by atoms with Crippen molar-refractivity contribution >= 4 is 21.6 Å². The van der Waals surface area contributed by atoms with Crippen LogP contribution in [0, 0.1) is 28.7 Å². The molecule has 0 N–H and O–H groups in total. The smallest absolute Gasteiger partial charge is 0.347 e. The van der Waals surface area contributed by atoms with E-state index in [1.165, 1.54) is 6.07 Å². The maximum atomic E-state index is 13.4. The Morgan fingerprint density at radius 1 is 1.25 bits per heavy atom. The predicted molar refractivity (Wildman–Crippen MR) is 72.0 cm³/mol. The van der Waals surface area contributed by atoms with Gasteiger partial charge in [-0.2, -0.15) is 4.39 Å². The fourth-order valence-corrected chi connectivity index (χ4v) is 1.85. The molecule has 0 radical (unpaired) electrons. The van der Waals surface area contributed by atoms with E-state index in [-0.39, 0.29) is 5.75 Å². The third kappa shape index (κ3) is 2.93. The maximum Gasteiger partial charge on any atom is 0.347 e. The first-order valence-electron chi connectivity index (χ1n) is 5.46. The Morgan fingerprint density at radius 2 is 1.95 bits per heavy atom. The summed E-state index contributed by atoms with van der Waals surface area (Å²) in [6.07, 6.45) is 0. The maximum absolute atomic E-state index is 13.4. The number of aryl methyl sites for hydroxylation is 1. The third-order valence-corrected chi connectivity index (χ3v) is 3.42. The number of ether oxygens (including phenoxy) is 1. The van der Waals surface area contributed by atoms with Gasteiger partial charge in [-0.3, -0.25) is 10.1 Å². The van der Waals surface area contributed by atoms with E-state index in [4.69, 9.17) is 4.74 Å². The van der Waals surface area contributed by atoms with Crippen LogP contribution in [0.25, 0.3) is 0 Å². The van der Waals surface area contributed by atoms with Crippen LogP contribution in [-0.4, -0.2) is 4.92 Å². The van der Waals surface area contributed by atoms with Gasteiger partial charge in [-0.15, -0.1) is 0 Å². The van der Waals surface area contributed by atoms with Crippen LogP contribution < -0.4 is 4.74 Å². The van der Waals surface area contributed by atoms with Gasteiger partial charge >= 0.3 is 5.69 Å². The molecule has 0 heterocycles.